The summed E-state index contributed by atoms with van der Waals surface area (Å²) in [5, 5.41) is 15.4. The van der Waals surface area contributed by atoms with Gasteiger partial charge in [0, 0.05) is 1.43 Å². The molecule has 0 aromatic carbocycles. The largest absolute Gasteiger partial charge is 1.00 e. The molecule has 0 rings (SSSR count). The van der Waals surface area contributed by atoms with E-state index in [2.05, 4.69) is 9.78 Å². The fraction of sp³-hybridized carbons (Fsp3) is 0.500. The minimum Gasteiger partial charge on any atom is -0.662 e. The number of rotatable bonds is 2. The molecule has 0 radical (unpaired) electrons. The van der Waals surface area contributed by atoms with Gasteiger partial charge < -0.3 is 15.0 Å². The van der Waals surface area contributed by atoms with Crippen LogP contribution in [0.15, 0.2) is 0 Å². The summed E-state index contributed by atoms with van der Waals surface area (Å²) in [7, 11) is 0. The molecule has 0 aliphatic carbocycles. The Kier molecular flexibility index (Phi) is 145. The molecule has 0 unspecified atom stereocenters. The van der Waals surface area contributed by atoms with Crippen LogP contribution in [0.4, 0.5) is 0 Å². The molecule has 0 amide bonds. The maximum Gasteiger partial charge on any atom is 1.00 e. The Bertz CT molecular complexity index is 55.5. The summed E-state index contributed by atoms with van der Waals surface area (Å²) in [5.41, 5.74) is 0. The Morgan fingerprint density at radius 1 is 1.27 bits per heavy atom. The van der Waals surface area contributed by atoms with Crippen LogP contribution in [0.2, 0.25) is 0 Å². The molecule has 0 atom stereocenters. The van der Waals surface area contributed by atoms with Gasteiger partial charge in [-0.05, 0) is 0 Å². The molecule has 0 saturated heterocycles. The summed E-state index contributed by atoms with van der Waals surface area (Å²) < 4.78 is 0. The second kappa shape index (κ2) is 51.9. The van der Waals surface area contributed by atoms with Crippen LogP contribution in [-0.4, -0.2) is 18.2 Å². The molecule has 0 spiro atoms. The van der Waals surface area contributed by atoms with E-state index in [4.69, 9.17) is 20.1 Å². The van der Waals surface area contributed by atoms with E-state index in [9.17, 15) is 0 Å². The molecule has 0 aromatic heterocycles. The van der Waals surface area contributed by atoms with Gasteiger partial charge in [0.1, 0.15) is 0 Å². The van der Waals surface area contributed by atoms with Crippen LogP contribution in [0, 0.1) is 0 Å². The fourth-order valence-electron chi connectivity index (χ4n) is 0. The van der Waals surface area contributed by atoms with Gasteiger partial charge in [-0.15, -0.1) is 0 Å². The molecule has 0 bridgehead atoms. The molecule has 11 heavy (non-hydrogen) atoms. The first-order valence-electron chi connectivity index (χ1n) is 1.29. The first-order valence-corrected chi connectivity index (χ1v) is 1.29. The minimum absolute atomic E-state index is 0. The van der Waals surface area contributed by atoms with E-state index in [1.807, 2.05) is 0 Å². The van der Waals surface area contributed by atoms with Gasteiger partial charge in [0.25, 0.3) is 6.47 Å². The molecule has 0 saturated carbocycles. The van der Waals surface area contributed by atoms with Gasteiger partial charge in [0.2, 0.25) is 0 Å². The Balaban J connectivity index is -0.0000000112. The van der Waals surface area contributed by atoms with Gasteiger partial charge in [0.05, 0.1) is 0 Å². The van der Waals surface area contributed by atoms with Crippen molar-refractivity contribution in [3.05, 3.63) is 0 Å². The first kappa shape index (κ1) is 30.7. The number of hydrogen-bond donors (Lipinski definition) is 1. The van der Waals surface area contributed by atoms with Crippen molar-refractivity contribution in [2.24, 2.45) is 0 Å². The SMILES string of the molecule is C.C.O=COO.O=CO[O-].[HH].[Na+]. The van der Waals surface area contributed by atoms with Gasteiger partial charge in [-0.3, -0.25) is 9.59 Å². The van der Waals surface area contributed by atoms with E-state index >= 15 is 0 Å². The van der Waals surface area contributed by atoms with Gasteiger partial charge >= 0.3 is 36.0 Å². The van der Waals surface area contributed by atoms with E-state index in [0.717, 1.165) is 0 Å². The van der Waals surface area contributed by atoms with Crippen LogP contribution < -0.4 is 34.8 Å². The predicted molar refractivity (Wildman–Crippen MR) is 32.5 cm³/mol. The summed E-state index contributed by atoms with van der Waals surface area (Å²) in [6.45, 7) is -0.250. The second-order valence-electron chi connectivity index (χ2n) is 0.394. The zero-order valence-corrected chi connectivity index (χ0v) is 6.64. The van der Waals surface area contributed by atoms with Crippen LogP contribution in [0.1, 0.15) is 16.3 Å². The zero-order chi connectivity index (χ0) is 6.83. The van der Waals surface area contributed by atoms with Crippen molar-refractivity contribution in [2.75, 3.05) is 0 Å². The molecule has 6 nitrogen and oxygen atoms in total. The maximum atomic E-state index is 8.70. The van der Waals surface area contributed by atoms with Crippen LogP contribution in [0.3, 0.4) is 0 Å². The quantitative estimate of drug-likeness (QED) is 0.206. The van der Waals surface area contributed by atoms with Crippen molar-refractivity contribution in [3.63, 3.8) is 0 Å². The van der Waals surface area contributed by atoms with Crippen molar-refractivity contribution in [2.45, 2.75) is 14.9 Å². The van der Waals surface area contributed by atoms with Gasteiger partial charge in [0.15, 0.2) is 0 Å². The molecule has 0 fully saturated rings. The van der Waals surface area contributed by atoms with Gasteiger partial charge in [-0.1, -0.05) is 14.9 Å². The van der Waals surface area contributed by atoms with Crippen LogP contribution in [-0.2, 0) is 19.4 Å². The summed E-state index contributed by atoms with van der Waals surface area (Å²) in [6, 6.07) is 0. The topological polar surface area (TPSA) is 95.9 Å². The van der Waals surface area contributed by atoms with Crippen LogP contribution >= 0.6 is 0 Å². The third-order valence-corrected chi connectivity index (χ3v) is 0.0823. The number of carbonyl (C=O) groups excluding carboxylic acids is 2. The molecule has 0 heterocycles. The maximum absolute atomic E-state index is 8.70. The Labute approximate surface area is 88.7 Å². The van der Waals surface area contributed by atoms with Crippen LogP contribution in [0.5, 0.6) is 0 Å². The third-order valence-electron chi connectivity index (χ3n) is 0.0823. The van der Waals surface area contributed by atoms with Crippen molar-refractivity contribution in [1.82, 2.24) is 0 Å². The minimum atomic E-state index is -0.181. The molecule has 7 heteroatoms. The summed E-state index contributed by atoms with van der Waals surface area (Å²) in [6.07, 6.45) is 0. The van der Waals surface area contributed by atoms with E-state index < -0.39 is 0 Å². The van der Waals surface area contributed by atoms with E-state index in [0.29, 0.717) is 0 Å². The number of hydrogen-bond acceptors (Lipinski definition) is 6. The van der Waals surface area contributed by atoms with E-state index in [1.165, 1.54) is 0 Å². The zero-order valence-electron chi connectivity index (χ0n) is 4.64. The van der Waals surface area contributed by atoms with E-state index in [1.54, 1.807) is 0 Å². The van der Waals surface area contributed by atoms with E-state index in [-0.39, 0.29) is 58.8 Å². The monoisotopic (exact) mass is 180 g/mol. The Morgan fingerprint density at radius 3 is 1.45 bits per heavy atom. The summed E-state index contributed by atoms with van der Waals surface area (Å²) in [5.74, 6) is 0. The van der Waals surface area contributed by atoms with Gasteiger partial charge in [-0.25, -0.2) is 5.26 Å². The van der Waals surface area contributed by atoms with Crippen molar-refractivity contribution in [1.29, 1.82) is 0 Å². The molecular weight excluding hydrogens is 167 g/mol. The average Bonchev–Trinajstić information content (AvgIpc) is 1.88. The van der Waals surface area contributed by atoms with Crippen molar-refractivity contribution >= 4 is 12.9 Å². The van der Waals surface area contributed by atoms with Crippen molar-refractivity contribution in [3.8, 4) is 0 Å². The summed E-state index contributed by atoms with van der Waals surface area (Å²) >= 11 is 0. The second-order valence-corrected chi connectivity index (χ2v) is 0.394. The number of carbonyl (C=O) groups is 2. The summed E-state index contributed by atoms with van der Waals surface area (Å²) in [4.78, 5) is 22.8. The average molecular weight is 180 g/mol. The Hall–Kier alpha value is -0.140. The molecule has 0 aliphatic heterocycles. The van der Waals surface area contributed by atoms with Crippen LogP contribution in [0.25, 0.3) is 0 Å². The molecule has 66 valence electrons. The third kappa shape index (κ3) is 176. The van der Waals surface area contributed by atoms with Gasteiger partial charge in [-0.2, -0.15) is 0 Å². The predicted octanol–water partition coefficient (Wildman–Crippen LogP) is -3.41. The smallest absolute Gasteiger partial charge is 0.662 e. The van der Waals surface area contributed by atoms with Crippen molar-refractivity contribution < 1.29 is 60.9 Å². The molecular formula is C4H13NaO6. The molecule has 1 N–H and O–H groups in total. The standard InChI is InChI=1S/2CH2O3.2CH4.Na.H2/c2*2-1-4-3;;;;/h2*1,3H;2*1H4;;1H/q;;;;+1;/p-1. The Morgan fingerprint density at radius 2 is 1.45 bits per heavy atom. The molecule has 0 aromatic rings. The fourth-order valence-corrected chi connectivity index (χ4v) is 0. The first-order chi connectivity index (χ1) is 3.83. The molecule has 0 aliphatic rings. The normalized spacial score (nSPS) is 3.82.